The molecule has 0 amide bonds. The summed E-state index contributed by atoms with van der Waals surface area (Å²) in [7, 11) is 0. The molecule has 0 aromatic heterocycles. The molecule has 1 unspecified atom stereocenters. The number of fused-ring (bicyclic) bond motifs is 1. The number of benzene rings is 2. The number of nitrogens with zero attached hydrogens (tertiary/aromatic N) is 1. The van der Waals surface area contributed by atoms with E-state index in [0.29, 0.717) is 22.7 Å². The van der Waals surface area contributed by atoms with Crippen LogP contribution in [0.5, 0.6) is 0 Å². The molecule has 0 saturated carbocycles. The van der Waals surface area contributed by atoms with Gasteiger partial charge in [-0.2, -0.15) is 5.10 Å². The number of ether oxygens (including phenoxy) is 1. The number of nitrogens with two attached hydrogens (primary N) is 1. The van der Waals surface area contributed by atoms with Gasteiger partial charge in [0.1, 0.15) is 6.10 Å². The van der Waals surface area contributed by atoms with Gasteiger partial charge in [-0.05, 0) is 36.0 Å². The Morgan fingerprint density at radius 1 is 1.25 bits per heavy atom. The smallest absolute Gasteiger partial charge is 0.339 e. The highest BCUT2D eigenvalue weighted by Crippen LogP contribution is 2.33. The third-order valence-corrected chi connectivity index (χ3v) is 3.98. The molecular formula is C17H14ClN3O2S. The largest absolute Gasteiger partial charge is 0.453 e. The van der Waals surface area contributed by atoms with Gasteiger partial charge < -0.3 is 10.5 Å². The molecular weight excluding hydrogens is 346 g/mol. The summed E-state index contributed by atoms with van der Waals surface area (Å²) in [5.74, 6) is -0.326. The molecule has 1 aliphatic rings. The third kappa shape index (κ3) is 3.55. The summed E-state index contributed by atoms with van der Waals surface area (Å²) >= 11 is 10.7. The van der Waals surface area contributed by atoms with Gasteiger partial charge in [-0.25, -0.2) is 4.79 Å². The van der Waals surface area contributed by atoms with E-state index in [9.17, 15) is 4.79 Å². The molecule has 0 spiro atoms. The first-order chi connectivity index (χ1) is 11.5. The topological polar surface area (TPSA) is 76.7 Å². The van der Waals surface area contributed by atoms with Gasteiger partial charge in [0.2, 0.25) is 0 Å². The van der Waals surface area contributed by atoms with Crippen LogP contribution < -0.4 is 11.2 Å². The summed E-state index contributed by atoms with van der Waals surface area (Å²) in [6.45, 7) is 0. The number of carbonyl (C=O) groups excluding carboxylic acids is 1. The van der Waals surface area contributed by atoms with Crippen molar-refractivity contribution in [2.75, 3.05) is 0 Å². The van der Waals surface area contributed by atoms with Crippen LogP contribution in [0.25, 0.3) is 0 Å². The number of cyclic esters (lactones) is 1. The molecule has 3 N–H and O–H groups in total. The minimum Gasteiger partial charge on any atom is -0.453 e. The molecule has 24 heavy (non-hydrogen) atoms. The van der Waals surface area contributed by atoms with Crippen LogP contribution in [0.1, 0.15) is 34.0 Å². The summed E-state index contributed by atoms with van der Waals surface area (Å²) in [6, 6.07) is 14.5. The molecule has 0 saturated heterocycles. The molecule has 0 bridgehead atoms. The highest BCUT2D eigenvalue weighted by molar-refractivity contribution is 7.80. The van der Waals surface area contributed by atoms with Gasteiger partial charge in [0.15, 0.2) is 5.11 Å². The van der Waals surface area contributed by atoms with Crippen molar-refractivity contribution in [2.24, 2.45) is 10.8 Å². The van der Waals surface area contributed by atoms with E-state index in [0.717, 1.165) is 11.1 Å². The normalized spacial score (nSPS) is 16.5. The van der Waals surface area contributed by atoms with Crippen LogP contribution >= 0.6 is 23.8 Å². The van der Waals surface area contributed by atoms with E-state index in [4.69, 9.17) is 34.3 Å². The Kier molecular flexibility index (Phi) is 4.78. The second-order valence-electron chi connectivity index (χ2n) is 5.23. The number of carbonyl (C=O) groups is 1. The zero-order chi connectivity index (χ0) is 17.1. The Bertz CT molecular complexity index is 821. The quantitative estimate of drug-likeness (QED) is 0.379. The second-order valence-corrected chi connectivity index (χ2v) is 6.10. The molecule has 5 nitrogen and oxygen atoms in total. The summed E-state index contributed by atoms with van der Waals surface area (Å²) in [5, 5.41) is 4.93. The van der Waals surface area contributed by atoms with Gasteiger partial charge >= 0.3 is 5.97 Å². The standard InChI is InChI=1S/C17H14ClN3O2S/c18-11-7-5-10(6-8-11)14(20-21-17(19)24)9-15-12-3-1-2-4-13(12)16(22)23-15/h1-8,15H,9H2,(H3,19,21,24)/b20-14-. The number of halogens is 1. The van der Waals surface area contributed by atoms with Crippen molar-refractivity contribution in [3.05, 3.63) is 70.2 Å². The minimum absolute atomic E-state index is 0.0604. The zero-order valence-electron chi connectivity index (χ0n) is 12.5. The fourth-order valence-corrected chi connectivity index (χ4v) is 2.71. The van der Waals surface area contributed by atoms with E-state index < -0.39 is 6.10 Å². The van der Waals surface area contributed by atoms with E-state index >= 15 is 0 Å². The van der Waals surface area contributed by atoms with E-state index in [2.05, 4.69) is 10.5 Å². The fraction of sp³-hybridized carbons (Fsp3) is 0.118. The molecule has 0 aliphatic carbocycles. The molecule has 1 heterocycles. The van der Waals surface area contributed by atoms with Gasteiger partial charge in [-0.15, -0.1) is 0 Å². The SMILES string of the molecule is NC(=S)N/N=C(/CC1OC(=O)c2ccccc21)c1ccc(Cl)cc1. The Balaban J connectivity index is 1.90. The average Bonchev–Trinajstić information content (AvgIpc) is 2.89. The Labute approximate surface area is 149 Å². The molecule has 2 aromatic carbocycles. The maximum atomic E-state index is 12.0. The molecule has 2 aromatic rings. The first-order valence-electron chi connectivity index (χ1n) is 7.22. The van der Waals surface area contributed by atoms with Crippen LogP contribution in [0.3, 0.4) is 0 Å². The number of hydrogen-bond acceptors (Lipinski definition) is 4. The van der Waals surface area contributed by atoms with Crippen LogP contribution in [0.2, 0.25) is 5.02 Å². The molecule has 3 rings (SSSR count). The van der Waals surface area contributed by atoms with Gasteiger partial charge in [0.25, 0.3) is 0 Å². The lowest BCUT2D eigenvalue weighted by Crippen LogP contribution is -2.26. The predicted octanol–water partition coefficient (Wildman–Crippen LogP) is 3.18. The number of esters is 1. The van der Waals surface area contributed by atoms with Crippen LogP contribution in [0.4, 0.5) is 0 Å². The van der Waals surface area contributed by atoms with Gasteiger partial charge in [0, 0.05) is 17.0 Å². The lowest BCUT2D eigenvalue weighted by Gasteiger charge is -2.13. The minimum atomic E-state index is -0.406. The van der Waals surface area contributed by atoms with Crippen LogP contribution in [0.15, 0.2) is 53.6 Å². The predicted molar refractivity (Wildman–Crippen MR) is 97.1 cm³/mol. The molecule has 0 fully saturated rings. The fourth-order valence-electron chi connectivity index (χ4n) is 2.54. The van der Waals surface area contributed by atoms with Crippen LogP contribution in [-0.4, -0.2) is 16.8 Å². The summed E-state index contributed by atoms with van der Waals surface area (Å²) in [5.41, 5.74) is 11.0. The summed E-state index contributed by atoms with van der Waals surface area (Å²) in [4.78, 5) is 12.0. The van der Waals surface area contributed by atoms with Crippen molar-refractivity contribution in [2.45, 2.75) is 12.5 Å². The van der Waals surface area contributed by atoms with Crippen molar-refractivity contribution in [3.63, 3.8) is 0 Å². The van der Waals surface area contributed by atoms with Crippen molar-refractivity contribution >= 4 is 40.6 Å². The number of nitrogens with one attached hydrogen (secondary N) is 1. The monoisotopic (exact) mass is 359 g/mol. The number of hydrogen-bond donors (Lipinski definition) is 2. The van der Waals surface area contributed by atoms with E-state index in [-0.39, 0.29) is 11.1 Å². The Morgan fingerprint density at radius 2 is 1.96 bits per heavy atom. The number of hydrazone groups is 1. The lowest BCUT2D eigenvalue weighted by atomic mass is 9.98. The summed E-state index contributed by atoms with van der Waals surface area (Å²) < 4.78 is 5.48. The average molecular weight is 360 g/mol. The van der Waals surface area contributed by atoms with Gasteiger partial charge in [-0.1, -0.05) is 41.9 Å². The van der Waals surface area contributed by atoms with Crippen molar-refractivity contribution < 1.29 is 9.53 Å². The van der Waals surface area contributed by atoms with E-state index in [1.807, 2.05) is 30.3 Å². The van der Waals surface area contributed by atoms with Crippen LogP contribution in [-0.2, 0) is 4.74 Å². The number of thiocarbonyl (C=S) groups is 1. The Morgan fingerprint density at radius 3 is 2.67 bits per heavy atom. The Hall–Kier alpha value is -2.44. The zero-order valence-corrected chi connectivity index (χ0v) is 14.1. The molecule has 0 radical (unpaired) electrons. The van der Waals surface area contributed by atoms with E-state index in [1.54, 1.807) is 18.2 Å². The molecule has 7 heteroatoms. The van der Waals surface area contributed by atoms with Crippen molar-refractivity contribution in [3.8, 4) is 0 Å². The second kappa shape index (κ2) is 6.98. The van der Waals surface area contributed by atoms with Crippen molar-refractivity contribution in [1.29, 1.82) is 0 Å². The molecule has 1 aliphatic heterocycles. The summed E-state index contributed by atoms with van der Waals surface area (Å²) in [6.07, 6.45) is -0.0173. The van der Waals surface area contributed by atoms with Gasteiger partial charge in [0.05, 0.1) is 11.3 Å². The lowest BCUT2D eigenvalue weighted by molar-refractivity contribution is 0.0400. The van der Waals surface area contributed by atoms with Gasteiger partial charge in [-0.3, -0.25) is 5.43 Å². The third-order valence-electron chi connectivity index (χ3n) is 3.63. The maximum Gasteiger partial charge on any atom is 0.339 e. The molecule has 1 atom stereocenters. The van der Waals surface area contributed by atoms with Crippen LogP contribution in [0, 0.1) is 0 Å². The number of rotatable bonds is 4. The first-order valence-corrected chi connectivity index (χ1v) is 8.01. The maximum absolute atomic E-state index is 12.0. The first kappa shape index (κ1) is 16.4. The molecule has 122 valence electrons. The highest BCUT2D eigenvalue weighted by Gasteiger charge is 2.31. The highest BCUT2D eigenvalue weighted by atomic mass is 35.5. The van der Waals surface area contributed by atoms with E-state index in [1.165, 1.54) is 0 Å². The van der Waals surface area contributed by atoms with Crippen molar-refractivity contribution in [1.82, 2.24) is 5.43 Å².